The number of nitrogens with one attached hydrogen (secondary N) is 1. The number of thioether (sulfide) groups is 1. The lowest BCUT2D eigenvalue weighted by atomic mass is 10.2. The van der Waals surface area contributed by atoms with Gasteiger partial charge in [0.2, 0.25) is 0 Å². The van der Waals surface area contributed by atoms with Gasteiger partial charge in [-0.15, -0.1) is 0 Å². The summed E-state index contributed by atoms with van der Waals surface area (Å²) in [6.07, 6.45) is -0.641. The van der Waals surface area contributed by atoms with Crippen molar-refractivity contribution in [2.75, 3.05) is 19.5 Å². The van der Waals surface area contributed by atoms with Crippen LogP contribution >= 0.6 is 11.8 Å². The molecule has 0 amide bonds. The van der Waals surface area contributed by atoms with Crippen molar-refractivity contribution in [3.05, 3.63) is 48.0 Å². The molecule has 7 nitrogen and oxygen atoms in total. The summed E-state index contributed by atoms with van der Waals surface area (Å²) in [6, 6.07) is 12.8. The molecule has 3 aromatic rings. The quantitative estimate of drug-likeness (QED) is 0.392. The van der Waals surface area contributed by atoms with Gasteiger partial charge in [-0.1, -0.05) is 17.8 Å². The van der Waals surface area contributed by atoms with Gasteiger partial charge in [0, 0.05) is 5.75 Å². The van der Waals surface area contributed by atoms with Gasteiger partial charge in [-0.25, -0.2) is 9.19 Å². The van der Waals surface area contributed by atoms with Gasteiger partial charge in [-0.05, 0) is 48.9 Å². The monoisotopic (exact) mass is 407 g/mol. The molecule has 27 heavy (non-hydrogen) atoms. The Bertz CT molecular complexity index is 982. The van der Waals surface area contributed by atoms with Crippen LogP contribution in [0.15, 0.2) is 52.0 Å². The van der Waals surface area contributed by atoms with Gasteiger partial charge in [0.25, 0.3) is 0 Å². The summed E-state index contributed by atoms with van der Waals surface area (Å²) in [5.74, 6) is 1.06. The first-order valence-corrected chi connectivity index (χ1v) is 10.4. The number of nitrogens with zero attached hydrogens (tertiary/aromatic N) is 2. The number of thiol groups is 1. The van der Waals surface area contributed by atoms with Crippen LogP contribution < -0.4 is 4.74 Å². The number of hydrogen-bond donors (Lipinski definition) is 3. The molecule has 0 aliphatic carbocycles. The second-order valence-electron chi connectivity index (χ2n) is 5.85. The van der Waals surface area contributed by atoms with E-state index in [1.165, 1.54) is 18.9 Å². The normalized spacial score (nSPS) is 13.7. The molecule has 9 heteroatoms. The van der Waals surface area contributed by atoms with Crippen LogP contribution in [0.1, 0.15) is 5.56 Å². The summed E-state index contributed by atoms with van der Waals surface area (Å²) >= 11 is 1.45. The Balaban J connectivity index is 1.49. The van der Waals surface area contributed by atoms with Gasteiger partial charge in [0.05, 0.1) is 29.9 Å². The molecule has 144 valence electrons. The number of aromatic amines is 1. The molecule has 0 saturated carbocycles. The molecular formula is C18H21N3O4S2. The van der Waals surface area contributed by atoms with Crippen molar-refractivity contribution in [3.63, 3.8) is 0 Å². The molecule has 2 aromatic carbocycles. The van der Waals surface area contributed by atoms with E-state index in [0.717, 1.165) is 21.8 Å². The average molecular weight is 408 g/mol. The Hall–Kier alpha value is -2.07. The average Bonchev–Trinajstić information content (AvgIpc) is 3.07. The summed E-state index contributed by atoms with van der Waals surface area (Å²) in [6.45, 7) is 2.19. The second kappa shape index (κ2) is 9.23. The fourth-order valence-corrected chi connectivity index (χ4v) is 3.52. The summed E-state index contributed by atoms with van der Waals surface area (Å²) in [5, 5.41) is 10.9. The molecule has 2 N–H and O–H groups in total. The summed E-state index contributed by atoms with van der Waals surface area (Å²) < 4.78 is 25.3. The Morgan fingerprint density at radius 2 is 2.07 bits per heavy atom. The van der Waals surface area contributed by atoms with E-state index < -0.39 is 17.0 Å². The molecular weight excluding hydrogens is 386 g/mol. The Labute approximate surface area is 163 Å². The number of fused-ring (bicyclic) bond motifs is 1. The highest BCUT2D eigenvalue weighted by molar-refractivity contribution is 7.99. The van der Waals surface area contributed by atoms with Crippen LogP contribution in [0.3, 0.4) is 0 Å². The van der Waals surface area contributed by atoms with Crippen molar-refractivity contribution >= 4 is 39.4 Å². The zero-order valence-electron chi connectivity index (χ0n) is 15.0. The van der Waals surface area contributed by atoms with Crippen LogP contribution in [0, 0.1) is 6.92 Å². The highest BCUT2D eigenvalue weighted by Gasteiger charge is 2.09. The van der Waals surface area contributed by atoms with Crippen LogP contribution in [0.25, 0.3) is 11.0 Å². The van der Waals surface area contributed by atoms with E-state index in [1.54, 1.807) is 24.3 Å². The third-order valence-electron chi connectivity index (χ3n) is 3.66. The maximum Gasteiger partial charge on any atom is 0.166 e. The molecule has 1 heterocycles. The number of aliphatic hydroxyl groups excluding tert-OH is 1. The summed E-state index contributed by atoms with van der Waals surface area (Å²) in [7, 11) is -0.698. The molecule has 2 atom stereocenters. The van der Waals surface area contributed by atoms with Crippen LogP contribution in [0.4, 0.5) is 5.69 Å². The van der Waals surface area contributed by atoms with Crippen molar-refractivity contribution in [3.8, 4) is 5.75 Å². The van der Waals surface area contributed by atoms with Crippen molar-refractivity contribution in [1.82, 2.24) is 9.97 Å². The number of H-pyrrole nitrogens is 1. The summed E-state index contributed by atoms with van der Waals surface area (Å²) in [5.41, 5.74) is 3.60. The van der Waals surface area contributed by atoms with Gasteiger partial charge >= 0.3 is 0 Å². The minimum Gasteiger partial charge on any atom is -0.491 e. The minimum absolute atomic E-state index is 0.162. The van der Waals surface area contributed by atoms with E-state index in [-0.39, 0.29) is 6.61 Å². The Morgan fingerprint density at radius 1 is 1.30 bits per heavy atom. The smallest absolute Gasteiger partial charge is 0.166 e. The van der Waals surface area contributed by atoms with E-state index in [0.29, 0.717) is 17.2 Å². The minimum atomic E-state index is -2.04. The van der Waals surface area contributed by atoms with Crippen LogP contribution in [-0.2, 0) is 15.1 Å². The maximum absolute atomic E-state index is 11.2. The molecule has 0 radical (unpaired) electrons. The predicted molar refractivity (Wildman–Crippen MR) is 108 cm³/mol. The number of imidazole rings is 1. The molecule has 0 bridgehead atoms. The van der Waals surface area contributed by atoms with Crippen LogP contribution in [0.5, 0.6) is 5.75 Å². The van der Waals surface area contributed by atoms with Crippen molar-refractivity contribution in [1.29, 1.82) is 0 Å². The molecule has 3 rings (SSSR count). The van der Waals surface area contributed by atoms with Crippen LogP contribution in [0.2, 0.25) is 0 Å². The highest BCUT2D eigenvalue weighted by atomic mass is 32.2. The first-order valence-electron chi connectivity index (χ1n) is 8.26. The van der Waals surface area contributed by atoms with E-state index in [4.69, 9.17) is 4.74 Å². The molecule has 0 aliphatic rings. The van der Waals surface area contributed by atoms with Crippen molar-refractivity contribution < 1.29 is 18.2 Å². The number of aromatic nitrogens is 2. The van der Waals surface area contributed by atoms with Crippen molar-refractivity contribution in [2.24, 2.45) is 4.36 Å². The Morgan fingerprint density at radius 3 is 2.81 bits per heavy atom. The third kappa shape index (κ3) is 5.70. The lowest BCUT2D eigenvalue weighted by molar-refractivity contribution is 0.126. The molecule has 0 spiro atoms. The molecule has 0 fully saturated rings. The number of aliphatic hydroxyl groups is 1. The van der Waals surface area contributed by atoms with Gasteiger partial charge < -0.3 is 14.8 Å². The van der Waals surface area contributed by atoms with Crippen molar-refractivity contribution in [2.45, 2.75) is 18.2 Å². The largest absolute Gasteiger partial charge is 0.491 e. The second-order valence-corrected chi connectivity index (χ2v) is 7.90. The fraction of sp³-hybridized carbons (Fsp3) is 0.278. The molecule has 2 unspecified atom stereocenters. The van der Waals surface area contributed by atoms with Gasteiger partial charge in [-0.2, -0.15) is 4.36 Å². The lowest BCUT2D eigenvalue weighted by Crippen LogP contribution is -2.20. The van der Waals surface area contributed by atoms with Gasteiger partial charge in [-0.3, -0.25) is 4.18 Å². The third-order valence-corrected chi connectivity index (χ3v) is 5.39. The summed E-state index contributed by atoms with van der Waals surface area (Å²) in [4.78, 5) is 7.75. The Kier molecular flexibility index (Phi) is 6.73. The first kappa shape index (κ1) is 19.7. The van der Waals surface area contributed by atoms with E-state index in [9.17, 15) is 9.32 Å². The number of rotatable bonds is 8. The fourth-order valence-electron chi connectivity index (χ4n) is 2.32. The maximum atomic E-state index is 11.2. The zero-order chi connectivity index (χ0) is 19.2. The number of aryl methyl sites for hydroxylation is 1. The highest BCUT2D eigenvalue weighted by Crippen LogP contribution is 2.22. The molecule has 1 aromatic heterocycles. The zero-order valence-corrected chi connectivity index (χ0v) is 16.7. The van der Waals surface area contributed by atoms with E-state index >= 15 is 0 Å². The van der Waals surface area contributed by atoms with Gasteiger partial charge in [0.15, 0.2) is 16.0 Å². The standard InChI is InChI=1S/C18H21N3O4S2/c1-12-3-8-16-17(9-12)20-18(19-16)26-11-14(22)10-25-15-6-4-13(5-7-15)21-27(23)24-2/h3-9,14,22,27H,10-11H2,1-2H3,(H,19,20). The van der Waals surface area contributed by atoms with Crippen LogP contribution in [-0.4, -0.2) is 44.9 Å². The molecule has 0 aliphatic heterocycles. The first-order chi connectivity index (χ1) is 13.0. The lowest BCUT2D eigenvalue weighted by Gasteiger charge is -2.11. The van der Waals surface area contributed by atoms with E-state index in [1.807, 2.05) is 25.1 Å². The SMILES string of the molecule is CO[SH](=O)=Nc1ccc(OCC(O)CSc2nc3cc(C)ccc3[nH]2)cc1. The molecule has 0 saturated heterocycles. The topological polar surface area (TPSA) is 96.8 Å². The number of ether oxygens (including phenoxy) is 1. The number of hydrogen-bond acceptors (Lipinski definition) is 7. The van der Waals surface area contributed by atoms with E-state index in [2.05, 4.69) is 18.5 Å². The van der Waals surface area contributed by atoms with Gasteiger partial charge in [0.1, 0.15) is 12.4 Å². The number of benzene rings is 2. The predicted octanol–water partition coefficient (Wildman–Crippen LogP) is 3.26.